The lowest BCUT2D eigenvalue weighted by Gasteiger charge is -2.11. The van der Waals surface area contributed by atoms with Crippen LogP contribution in [0.4, 0.5) is 0 Å². The number of aryl methyl sites for hydroxylation is 1. The van der Waals surface area contributed by atoms with Crippen molar-refractivity contribution >= 4 is 0 Å². The van der Waals surface area contributed by atoms with Gasteiger partial charge in [0.1, 0.15) is 12.9 Å². The van der Waals surface area contributed by atoms with Gasteiger partial charge in [-0.15, -0.1) is 10.2 Å². The zero-order chi connectivity index (χ0) is 13.7. The minimum absolute atomic E-state index is 0.359. The first-order valence-corrected chi connectivity index (χ1v) is 6.01. The molecule has 0 saturated heterocycles. The Hall–Kier alpha value is -2.08. The normalized spacial score (nSPS) is 10.5. The topological polar surface area (TPSA) is 61.2 Å². The number of benzene rings is 1. The Morgan fingerprint density at radius 2 is 2.16 bits per heavy atom. The molecule has 6 heteroatoms. The van der Waals surface area contributed by atoms with Gasteiger partial charge < -0.3 is 19.4 Å². The molecule has 0 fully saturated rings. The van der Waals surface area contributed by atoms with Crippen molar-refractivity contribution in [1.29, 1.82) is 0 Å². The number of methoxy groups -OCH3 is 1. The Morgan fingerprint density at radius 3 is 2.79 bits per heavy atom. The summed E-state index contributed by atoms with van der Waals surface area (Å²) < 4.78 is 12.9. The van der Waals surface area contributed by atoms with Gasteiger partial charge in [0.05, 0.1) is 7.11 Å². The molecule has 1 aromatic carbocycles. The van der Waals surface area contributed by atoms with Crippen molar-refractivity contribution < 1.29 is 9.47 Å². The first-order valence-electron chi connectivity index (χ1n) is 6.01. The molecule has 1 aromatic heterocycles. The molecule has 0 aliphatic carbocycles. The van der Waals surface area contributed by atoms with Crippen LogP contribution in [0.2, 0.25) is 0 Å². The highest BCUT2D eigenvalue weighted by atomic mass is 16.5. The fraction of sp³-hybridized carbons (Fsp3) is 0.385. The molecular weight excluding hydrogens is 244 g/mol. The van der Waals surface area contributed by atoms with E-state index in [4.69, 9.17) is 9.47 Å². The number of nitrogens with one attached hydrogen (secondary N) is 1. The molecule has 0 unspecified atom stereocenters. The lowest BCUT2D eigenvalue weighted by atomic mass is 10.2. The van der Waals surface area contributed by atoms with E-state index in [0.717, 1.165) is 23.7 Å². The van der Waals surface area contributed by atoms with E-state index < -0.39 is 0 Å². The van der Waals surface area contributed by atoms with Crippen molar-refractivity contribution in [2.24, 2.45) is 7.05 Å². The molecule has 0 saturated carbocycles. The summed E-state index contributed by atoms with van der Waals surface area (Å²) in [5.74, 6) is 2.18. The number of ether oxygens (including phenoxy) is 2. The van der Waals surface area contributed by atoms with Crippen LogP contribution in [0.15, 0.2) is 24.5 Å². The molecule has 2 rings (SSSR count). The minimum Gasteiger partial charge on any atom is -0.493 e. The largest absolute Gasteiger partial charge is 0.493 e. The molecule has 102 valence electrons. The van der Waals surface area contributed by atoms with Crippen LogP contribution in [0.1, 0.15) is 11.4 Å². The number of rotatable bonds is 6. The third kappa shape index (κ3) is 3.23. The van der Waals surface area contributed by atoms with Crippen LogP contribution in [-0.2, 0) is 20.2 Å². The summed E-state index contributed by atoms with van der Waals surface area (Å²) in [7, 11) is 5.42. The maximum atomic E-state index is 5.72. The van der Waals surface area contributed by atoms with Gasteiger partial charge in [-0.1, -0.05) is 6.07 Å². The Bertz CT molecular complexity index is 539. The summed E-state index contributed by atoms with van der Waals surface area (Å²) in [5.41, 5.74) is 1.14. The van der Waals surface area contributed by atoms with Crippen LogP contribution in [0.5, 0.6) is 11.5 Å². The monoisotopic (exact) mass is 262 g/mol. The van der Waals surface area contributed by atoms with E-state index in [-0.39, 0.29) is 0 Å². The van der Waals surface area contributed by atoms with Crippen LogP contribution in [0.25, 0.3) is 0 Å². The molecule has 0 spiro atoms. The molecule has 19 heavy (non-hydrogen) atoms. The van der Waals surface area contributed by atoms with Crippen molar-refractivity contribution in [3.05, 3.63) is 35.9 Å². The Morgan fingerprint density at radius 1 is 1.32 bits per heavy atom. The molecule has 0 radical (unpaired) electrons. The van der Waals surface area contributed by atoms with E-state index >= 15 is 0 Å². The summed E-state index contributed by atoms with van der Waals surface area (Å²) in [6.07, 6.45) is 1.64. The highest BCUT2D eigenvalue weighted by Crippen LogP contribution is 2.28. The van der Waals surface area contributed by atoms with E-state index in [0.29, 0.717) is 12.4 Å². The molecule has 0 bridgehead atoms. The lowest BCUT2D eigenvalue weighted by molar-refractivity contribution is 0.272. The first-order chi connectivity index (χ1) is 9.24. The summed E-state index contributed by atoms with van der Waals surface area (Å²) in [6.45, 7) is 1.15. The standard InChI is InChI=1S/C13H18N4O2/c1-14-7-10-4-5-11(12(6-10)18-3)19-8-13-16-15-9-17(13)2/h4-6,9,14H,7-8H2,1-3H3. The smallest absolute Gasteiger partial charge is 0.170 e. The van der Waals surface area contributed by atoms with Gasteiger partial charge in [0.25, 0.3) is 0 Å². The van der Waals surface area contributed by atoms with E-state index in [1.54, 1.807) is 13.4 Å². The SMILES string of the molecule is CNCc1ccc(OCc2nncn2C)c(OC)c1. The van der Waals surface area contributed by atoms with Crippen LogP contribution >= 0.6 is 0 Å². The van der Waals surface area contributed by atoms with Crippen LogP contribution in [0, 0.1) is 0 Å². The van der Waals surface area contributed by atoms with Gasteiger partial charge in [-0.25, -0.2) is 0 Å². The van der Waals surface area contributed by atoms with E-state index in [9.17, 15) is 0 Å². The molecule has 1 heterocycles. The Labute approximate surface area is 112 Å². The Balaban J connectivity index is 2.09. The van der Waals surface area contributed by atoms with Gasteiger partial charge in [0, 0.05) is 13.6 Å². The third-order valence-electron chi connectivity index (χ3n) is 2.77. The van der Waals surface area contributed by atoms with Crippen LogP contribution in [-0.4, -0.2) is 28.9 Å². The molecule has 0 aliphatic rings. The molecule has 0 atom stereocenters. The highest BCUT2D eigenvalue weighted by Gasteiger charge is 2.08. The zero-order valence-electron chi connectivity index (χ0n) is 11.4. The molecule has 2 aromatic rings. The van der Waals surface area contributed by atoms with Crippen molar-refractivity contribution in [2.45, 2.75) is 13.2 Å². The van der Waals surface area contributed by atoms with Gasteiger partial charge >= 0.3 is 0 Å². The molecule has 0 aliphatic heterocycles. The van der Waals surface area contributed by atoms with Crippen molar-refractivity contribution in [2.75, 3.05) is 14.2 Å². The predicted octanol–water partition coefficient (Wildman–Crippen LogP) is 1.12. The number of aromatic nitrogens is 3. The van der Waals surface area contributed by atoms with Crippen molar-refractivity contribution in [3.8, 4) is 11.5 Å². The third-order valence-corrected chi connectivity index (χ3v) is 2.77. The average molecular weight is 262 g/mol. The van der Waals surface area contributed by atoms with E-state index in [1.807, 2.05) is 36.9 Å². The molecular formula is C13H18N4O2. The predicted molar refractivity (Wildman–Crippen MR) is 71.1 cm³/mol. The van der Waals surface area contributed by atoms with Gasteiger partial charge in [-0.05, 0) is 24.7 Å². The summed E-state index contributed by atoms with van der Waals surface area (Å²) in [6, 6.07) is 5.87. The fourth-order valence-electron chi connectivity index (χ4n) is 1.73. The number of nitrogens with zero attached hydrogens (tertiary/aromatic N) is 3. The zero-order valence-corrected chi connectivity index (χ0v) is 11.4. The van der Waals surface area contributed by atoms with E-state index in [2.05, 4.69) is 15.5 Å². The van der Waals surface area contributed by atoms with E-state index in [1.165, 1.54) is 0 Å². The highest BCUT2D eigenvalue weighted by molar-refractivity contribution is 5.42. The molecule has 0 amide bonds. The second kappa shape index (κ2) is 6.19. The number of hydrogen-bond donors (Lipinski definition) is 1. The first kappa shape index (κ1) is 13.4. The van der Waals surface area contributed by atoms with Crippen molar-refractivity contribution in [1.82, 2.24) is 20.1 Å². The lowest BCUT2D eigenvalue weighted by Crippen LogP contribution is -2.06. The second-order valence-corrected chi connectivity index (χ2v) is 4.16. The summed E-state index contributed by atoms with van der Waals surface area (Å²) in [5, 5.41) is 10.9. The quantitative estimate of drug-likeness (QED) is 0.845. The average Bonchev–Trinajstić information content (AvgIpc) is 2.83. The second-order valence-electron chi connectivity index (χ2n) is 4.16. The Kier molecular flexibility index (Phi) is 4.35. The van der Waals surface area contributed by atoms with Crippen LogP contribution < -0.4 is 14.8 Å². The molecule has 1 N–H and O–H groups in total. The van der Waals surface area contributed by atoms with Crippen LogP contribution in [0.3, 0.4) is 0 Å². The van der Waals surface area contributed by atoms with Crippen molar-refractivity contribution in [3.63, 3.8) is 0 Å². The fourth-order valence-corrected chi connectivity index (χ4v) is 1.73. The minimum atomic E-state index is 0.359. The summed E-state index contributed by atoms with van der Waals surface area (Å²) in [4.78, 5) is 0. The molecule has 6 nitrogen and oxygen atoms in total. The summed E-state index contributed by atoms with van der Waals surface area (Å²) >= 11 is 0. The van der Waals surface area contributed by atoms with Gasteiger partial charge in [0.15, 0.2) is 17.3 Å². The maximum absolute atomic E-state index is 5.72. The number of hydrogen-bond acceptors (Lipinski definition) is 5. The van der Waals surface area contributed by atoms with Gasteiger partial charge in [-0.2, -0.15) is 0 Å². The van der Waals surface area contributed by atoms with Gasteiger partial charge in [-0.3, -0.25) is 0 Å². The maximum Gasteiger partial charge on any atom is 0.170 e. The van der Waals surface area contributed by atoms with Gasteiger partial charge in [0.2, 0.25) is 0 Å².